The SMILES string of the molecule is CC(NS(=O)(=O)c1ccccc1F)C(=O)N1CCNCC1C. The summed E-state index contributed by atoms with van der Waals surface area (Å²) in [5.41, 5.74) is 0. The van der Waals surface area contributed by atoms with E-state index in [1.54, 1.807) is 4.90 Å². The second-order valence-corrected chi connectivity index (χ2v) is 7.04. The van der Waals surface area contributed by atoms with Gasteiger partial charge in [-0.1, -0.05) is 12.1 Å². The zero-order valence-electron chi connectivity index (χ0n) is 12.5. The zero-order valence-corrected chi connectivity index (χ0v) is 13.4. The Bertz CT molecular complexity index is 650. The molecule has 1 aliphatic rings. The van der Waals surface area contributed by atoms with Gasteiger partial charge in [0.25, 0.3) is 0 Å². The second kappa shape index (κ2) is 6.72. The molecule has 0 aliphatic carbocycles. The van der Waals surface area contributed by atoms with Crippen molar-refractivity contribution in [1.82, 2.24) is 14.9 Å². The van der Waals surface area contributed by atoms with Gasteiger partial charge in [0.15, 0.2) is 0 Å². The number of rotatable bonds is 4. The van der Waals surface area contributed by atoms with Gasteiger partial charge in [-0.25, -0.2) is 12.8 Å². The number of nitrogens with one attached hydrogen (secondary N) is 2. The molecule has 1 aliphatic heterocycles. The van der Waals surface area contributed by atoms with Gasteiger partial charge >= 0.3 is 0 Å². The minimum Gasteiger partial charge on any atom is -0.336 e. The average Bonchev–Trinajstić information content (AvgIpc) is 2.46. The van der Waals surface area contributed by atoms with Crippen LogP contribution in [-0.2, 0) is 14.8 Å². The van der Waals surface area contributed by atoms with Gasteiger partial charge in [0.05, 0.1) is 6.04 Å². The summed E-state index contributed by atoms with van der Waals surface area (Å²) in [4.78, 5) is 13.6. The summed E-state index contributed by atoms with van der Waals surface area (Å²) >= 11 is 0. The maximum absolute atomic E-state index is 13.6. The molecule has 0 saturated carbocycles. The number of benzene rings is 1. The van der Waals surface area contributed by atoms with Crippen molar-refractivity contribution in [2.75, 3.05) is 19.6 Å². The lowest BCUT2D eigenvalue weighted by atomic mass is 10.2. The molecule has 0 aromatic heterocycles. The van der Waals surface area contributed by atoms with Crippen LogP contribution in [0.5, 0.6) is 0 Å². The Kier molecular flexibility index (Phi) is 5.15. The van der Waals surface area contributed by atoms with Crippen molar-refractivity contribution in [3.05, 3.63) is 30.1 Å². The number of amides is 1. The molecule has 2 N–H and O–H groups in total. The molecule has 22 heavy (non-hydrogen) atoms. The summed E-state index contributed by atoms with van der Waals surface area (Å²) < 4.78 is 40.3. The van der Waals surface area contributed by atoms with Crippen LogP contribution in [0.2, 0.25) is 0 Å². The predicted octanol–water partition coefficient (Wildman–Crippen LogP) is 0.313. The Hall–Kier alpha value is -1.51. The fraction of sp³-hybridized carbons (Fsp3) is 0.500. The molecule has 1 aromatic carbocycles. The lowest BCUT2D eigenvalue weighted by Crippen LogP contribution is -2.57. The maximum Gasteiger partial charge on any atom is 0.244 e. The van der Waals surface area contributed by atoms with E-state index in [1.165, 1.54) is 25.1 Å². The highest BCUT2D eigenvalue weighted by Gasteiger charge is 2.30. The summed E-state index contributed by atoms with van der Waals surface area (Å²) in [5.74, 6) is -1.15. The van der Waals surface area contributed by atoms with E-state index in [1.807, 2.05) is 6.92 Å². The number of hydrogen-bond acceptors (Lipinski definition) is 4. The lowest BCUT2D eigenvalue weighted by molar-refractivity contribution is -0.135. The Labute approximate surface area is 129 Å². The summed E-state index contributed by atoms with van der Waals surface area (Å²) in [6, 6.07) is 4.11. The number of nitrogens with zero attached hydrogens (tertiary/aromatic N) is 1. The molecule has 1 aromatic rings. The van der Waals surface area contributed by atoms with Crippen LogP contribution in [0.3, 0.4) is 0 Å². The third-order valence-electron chi connectivity index (χ3n) is 3.61. The number of halogens is 1. The third kappa shape index (κ3) is 3.63. The molecule has 6 nitrogen and oxygen atoms in total. The van der Waals surface area contributed by atoms with Crippen LogP contribution in [-0.4, -0.2) is 50.9 Å². The quantitative estimate of drug-likeness (QED) is 0.833. The molecule has 1 saturated heterocycles. The van der Waals surface area contributed by atoms with Crippen molar-refractivity contribution >= 4 is 15.9 Å². The van der Waals surface area contributed by atoms with Crippen molar-refractivity contribution in [1.29, 1.82) is 0 Å². The molecule has 1 amide bonds. The van der Waals surface area contributed by atoms with E-state index in [0.29, 0.717) is 19.6 Å². The number of hydrogen-bond donors (Lipinski definition) is 2. The fourth-order valence-corrected chi connectivity index (χ4v) is 3.70. The van der Waals surface area contributed by atoms with Gasteiger partial charge < -0.3 is 10.2 Å². The minimum absolute atomic E-state index is 0.0123. The van der Waals surface area contributed by atoms with Crippen LogP contribution >= 0.6 is 0 Å². The highest BCUT2D eigenvalue weighted by molar-refractivity contribution is 7.89. The van der Waals surface area contributed by atoms with Crippen LogP contribution in [0, 0.1) is 5.82 Å². The van der Waals surface area contributed by atoms with Gasteiger partial charge in [0, 0.05) is 25.7 Å². The largest absolute Gasteiger partial charge is 0.336 e. The number of carbonyl (C=O) groups is 1. The first kappa shape index (κ1) is 16.9. The predicted molar refractivity (Wildman–Crippen MR) is 80.2 cm³/mol. The Morgan fingerprint density at radius 1 is 1.45 bits per heavy atom. The van der Waals surface area contributed by atoms with Gasteiger partial charge in [-0.15, -0.1) is 0 Å². The Morgan fingerprint density at radius 3 is 2.77 bits per heavy atom. The zero-order chi connectivity index (χ0) is 16.3. The number of piperazine rings is 1. The summed E-state index contributed by atoms with van der Waals surface area (Å²) in [7, 11) is -4.08. The molecule has 8 heteroatoms. The van der Waals surface area contributed by atoms with E-state index in [-0.39, 0.29) is 11.9 Å². The lowest BCUT2D eigenvalue weighted by Gasteiger charge is -2.35. The van der Waals surface area contributed by atoms with E-state index < -0.39 is 26.8 Å². The van der Waals surface area contributed by atoms with Crippen LogP contribution in [0.25, 0.3) is 0 Å². The van der Waals surface area contributed by atoms with Crippen molar-refractivity contribution in [3.63, 3.8) is 0 Å². The topological polar surface area (TPSA) is 78.5 Å². The first-order valence-corrected chi connectivity index (χ1v) is 8.59. The van der Waals surface area contributed by atoms with Crippen LogP contribution in [0.4, 0.5) is 4.39 Å². The van der Waals surface area contributed by atoms with E-state index in [0.717, 1.165) is 6.07 Å². The standard InChI is InChI=1S/C14H20FN3O3S/c1-10-9-16-7-8-18(10)14(19)11(2)17-22(20,21)13-6-4-3-5-12(13)15/h3-6,10-11,16-17H,7-9H2,1-2H3. The molecule has 122 valence electrons. The highest BCUT2D eigenvalue weighted by Crippen LogP contribution is 2.14. The van der Waals surface area contributed by atoms with Gasteiger partial charge in [-0.2, -0.15) is 4.72 Å². The van der Waals surface area contributed by atoms with E-state index in [2.05, 4.69) is 10.0 Å². The fourth-order valence-electron chi connectivity index (χ4n) is 2.43. The van der Waals surface area contributed by atoms with Crippen molar-refractivity contribution in [2.45, 2.75) is 30.8 Å². The first-order valence-electron chi connectivity index (χ1n) is 7.11. The molecule has 1 heterocycles. The molecular formula is C14H20FN3O3S. The maximum atomic E-state index is 13.6. The van der Waals surface area contributed by atoms with Crippen molar-refractivity contribution in [2.24, 2.45) is 0 Å². The molecular weight excluding hydrogens is 309 g/mol. The second-order valence-electron chi connectivity index (χ2n) is 5.36. The molecule has 2 unspecified atom stereocenters. The third-order valence-corrected chi connectivity index (χ3v) is 5.19. The van der Waals surface area contributed by atoms with Gasteiger partial charge in [-0.05, 0) is 26.0 Å². The van der Waals surface area contributed by atoms with Crippen molar-refractivity contribution in [3.8, 4) is 0 Å². The first-order chi connectivity index (χ1) is 10.3. The van der Waals surface area contributed by atoms with Gasteiger partial charge in [-0.3, -0.25) is 4.79 Å². The molecule has 2 atom stereocenters. The Balaban J connectivity index is 2.12. The van der Waals surface area contributed by atoms with Gasteiger partial charge in [0.1, 0.15) is 10.7 Å². The summed E-state index contributed by atoms with van der Waals surface area (Å²) in [5, 5.41) is 3.16. The van der Waals surface area contributed by atoms with Crippen LogP contribution in [0.1, 0.15) is 13.8 Å². The molecule has 2 rings (SSSR count). The van der Waals surface area contributed by atoms with Crippen molar-refractivity contribution < 1.29 is 17.6 Å². The number of carbonyl (C=O) groups excluding carboxylic acids is 1. The summed E-state index contributed by atoms with van der Waals surface area (Å²) in [6.07, 6.45) is 0. The van der Waals surface area contributed by atoms with E-state index >= 15 is 0 Å². The van der Waals surface area contributed by atoms with E-state index in [9.17, 15) is 17.6 Å². The monoisotopic (exact) mass is 329 g/mol. The molecule has 0 radical (unpaired) electrons. The normalized spacial score (nSPS) is 20.7. The molecule has 0 spiro atoms. The summed E-state index contributed by atoms with van der Waals surface area (Å²) in [6.45, 7) is 5.21. The van der Waals surface area contributed by atoms with Crippen LogP contribution < -0.4 is 10.0 Å². The molecule has 1 fully saturated rings. The number of sulfonamides is 1. The minimum atomic E-state index is -4.08. The Morgan fingerprint density at radius 2 is 2.14 bits per heavy atom. The average molecular weight is 329 g/mol. The van der Waals surface area contributed by atoms with Gasteiger partial charge in [0.2, 0.25) is 15.9 Å². The van der Waals surface area contributed by atoms with E-state index in [4.69, 9.17) is 0 Å². The van der Waals surface area contributed by atoms with Crippen LogP contribution in [0.15, 0.2) is 29.2 Å². The highest BCUT2D eigenvalue weighted by atomic mass is 32.2. The molecule has 0 bridgehead atoms. The smallest absolute Gasteiger partial charge is 0.244 e.